The Bertz CT molecular complexity index is 1180. The number of fused-ring (bicyclic) bond motifs is 3. The molecule has 0 fully saturated rings. The molecule has 3 aromatic rings. The van der Waals surface area contributed by atoms with E-state index < -0.39 is 24.0 Å². The standard InChI is InChI=1S/C27H26N2O5/c1-3-24(26(31)32)29(2)25(30)17-12-14-18(15-13-17)28-27(33)34-16-23-21-10-6-4-8-19(21)20-9-5-7-11-22(20)23/h4-15,23-24H,3,16H2,1-2H3,(H,28,33)(H,31,32). The predicted molar refractivity (Wildman–Crippen MR) is 129 cm³/mol. The van der Waals surface area contributed by atoms with Gasteiger partial charge < -0.3 is 14.7 Å². The van der Waals surface area contributed by atoms with Crippen LogP contribution in [0.4, 0.5) is 10.5 Å². The van der Waals surface area contributed by atoms with Crippen molar-refractivity contribution in [3.63, 3.8) is 0 Å². The van der Waals surface area contributed by atoms with Crippen molar-refractivity contribution in [3.05, 3.63) is 89.5 Å². The van der Waals surface area contributed by atoms with Crippen LogP contribution < -0.4 is 5.32 Å². The summed E-state index contributed by atoms with van der Waals surface area (Å²) in [7, 11) is 1.47. The van der Waals surface area contributed by atoms with Gasteiger partial charge in [0.25, 0.3) is 5.91 Å². The Morgan fingerprint density at radius 1 is 0.941 bits per heavy atom. The van der Waals surface area contributed by atoms with E-state index in [1.54, 1.807) is 31.2 Å². The first-order valence-electron chi connectivity index (χ1n) is 11.1. The number of carboxylic acid groups (broad SMARTS) is 1. The fourth-order valence-corrected chi connectivity index (χ4v) is 4.41. The summed E-state index contributed by atoms with van der Waals surface area (Å²) in [5.41, 5.74) is 5.39. The minimum absolute atomic E-state index is 0.0329. The first-order valence-corrected chi connectivity index (χ1v) is 11.1. The minimum atomic E-state index is -1.05. The van der Waals surface area contributed by atoms with Crippen LogP contribution in [0.15, 0.2) is 72.8 Å². The number of nitrogens with zero attached hydrogens (tertiary/aromatic N) is 1. The predicted octanol–water partition coefficient (Wildman–Crippen LogP) is 4.98. The summed E-state index contributed by atoms with van der Waals surface area (Å²) in [6.45, 7) is 1.92. The zero-order chi connectivity index (χ0) is 24.2. The fourth-order valence-electron chi connectivity index (χ4n) is 4.41. The molecule has 0 spiro atoms. The molecule has 3 aromatic carbocycles. The maximum atomic E-state index is 12.6. The third-order valence-electron chi connectivity index (χ3n) is 6.18. The average Bonchev–Trinajstić information content (AvgIpc) is 3.16. The van der Waals surface area contributed by atoms with E-state index in [1.807, 2.05) is 24.3 Å². The van der Waals surface area contributed by atoms with Crippen molar-refractivity contribution in [2.75, 3.05) is 19.0 Å². The Morgan fingerprint density at radius 2 is 1.50 bits per heavy atom. The third kappa shape index (κ3) is 4.50. The Morgan fingerprint density at radius 3 is 2.03 bits per heavy atom. The van der Waals surface area contributed by atoms with Gasteiger partial charge in [0.1, 0.15) is 12.6 Å². The van der Waals surface area contributed by atoms with E-state index in [0.717, 1.165) is 22.3 Å². The van der Waals surface area contributed by atoms with E-state index in [4.69, 9.17) is 4.74 Å². The molecular weight excluding hydrogens is 432 g/mol. The zero-order valence-electron chi connectivity index (χ0n) is 19.0. The first-order chi connectivity index (χ1) is 16.4. The van der Waals surface area contributed by atoms with Gasteiger partial charge in [-0.1, -0.05) is 55.5 Å². The number of carbonyl (C=O) groups is 3. The van der Waals surface area contributed by atoms with Crippen LogP contribution in [0, 0.1) is 0 Å². The van der Waals surface area contributed by atoms with Crippen molar-refractivity contribution in [1.82, 2.24) is 4.90 Å². The highest BCUT2D eigenvalue weighted by molar-refractivity contribution is 5.97. The molecule has 0 aromatic heterocycles. The number of nitrogens with one attached hydrogen (secondary N) is 1. The number of rotatable bonds is 7. The normalized spacial score (nSPS) is 12.9. The van der Waals surface area contributed by atoms with Crippen LogP contribution in [-0.4, -0.2) is 47.7 Å². The lowest BCUT2D eigenvalue weighted by atomic mass is 9.98. The van der Waals surface area contributed by atoms with Gasteiger partial charge in [-0.05, 0) is 52.9 Å². The van der Waals surface area contributed by atoms with Gasteiger partial charge in [-0.2, -0.15) is 0 Å². The van der Waals surface area contributed by atoms with E-state index in [1.165, 1.54) is 11.9 Å². The molecule has 174 valence electrons. The lowest BCUT2D eigenvalue weighted by Gasteiger charge is -2.23. The van der Waals surface area contributed by atoms with Gasteiger partial charge in [0, 0.05) is 24.2 Å². The quantitative estimate of drug-likeness (QED) is 0.520. The molecule has 1 aliphatic rings. The summed E-state index contributed by atoms with van der Waals surface area (Å²) in [5, 5.41) is 11.9. The van der Waals surface area contributed by atoms with Crippen molar-refractivity contribution in [3.8, 4) is 11.1 Å². The van der Waals surface area contributed by atoms with Gasteiger partial charge in [0.15, 0.2) is 0 Å². The van der Waals surface area contributed by atoms with Crippen LogP contribution in [0.2, 0.25) is 0 Å². The average molecular weight is 459 g/mol. The van der Waals surface area contributed by atoms with Gasteiger partial charge >= 0.3 is 12.1 Å². The summed E-state index contributed by atoms with van der Waals surface area (Å²) < 4.78 is 5.54. The number of amides is 2. The molecule has 0 saturated carbocycles. The second kappa shape index (κ2) is 9.79. The lowest BCUT2D eigenvalue weighted by Crippen LogP contribution is -2.41. The Hall–Kier alpha value is -4.13. The SMILES string of the molecule is CCC(C(=O)O)N(C)C(=O)c1ccc(NC(=O)OCC2c3ccccc3-c3ccccc32)cc1. The van der Waals surface area contributed by atoms with Crippen molar-refractivity contribution in [1.29, 1.82) is 0 Å². The number of carboxylic acids is 1. The number of ether oxygens (including phenoxy) is 1. The Balaban J connectivity index is 1.38. The molecule has 0 bridgehead atoms. The second-order valence-corrected chi connectivity index (χ2v) is 8.21. The molecule has 1 aliphatic carbocycles. The number of anilines is 1. The fraction of sp³-hybridized carbons (Fsp3) is 0.222. The van der Waals surface area contributed by atoms with Crippen LogP contribution in [0.1, 0.15) is 40.7 Å². The van der Waals surface area contributed by atoms with Gasteiger partial charge in [-0.15, -0.1) is 0 Å². The second-order valence-electron chi connectivity index (χ2n) is 8.21. The maximum absolute atomic E-state index is 12.6. The topological polar surface area (TPSA) is 95.9 Å². The van der Waals surface area contributed by atoms with Crippen molar-refractivity contribution in [2.45, 2.75) is 25.3 Å². The zero-order valence-corrected chi connectivity index (χ0v) is 19.0. The highest BCUT2D eigenvalue weighted by Crippen LogP contribution is 2.44. The molecule has 0 heterocycles. The largest absolute Gasteiger partial charge is 0.480 e. The molecule has 1 atom stereocenters. The first kappa shape index (κ1) is 23.0. The molecule has 4 rings (SSSR count). The van der Waals surface area contributed by atoms with Crippen molar-refractivity contribution < 1.29 is 24.2 Å². The van der Waals surface area contributed by atoms with Gasteiger partial charge in [0.2, 0.25) is 0 Å². The van der Waals surface area contributed by atoms with Gasteiger partial charge in [-0.25, -0.2) is 9.59 Å². The molecule has 7 heteroatoms. The van der Waals surface area contributed by atoms with Crippen LogP contribution >= 0.6 is 0 Å². The van der Waals surface area contributed by atoms with Gasteiger partial charge in [-0.3, -0.25) is 10.1 Å². The van der Waals surface area contributed by atoms with E-state index >= 15 is 0 Å². The Kier molecular flexibility index (Phi) is 6.63. The van der Waals surface area contributed by atoms with E-state index in [9.17, 15) is 19.5 Å². The molecule has 0 aliphatic heterocycles. The number of benzene rings is 3. The Labute approximate surface area is 198 Å². The molecule has 7 nitrogen and oxygen atoms in total. The monoisotopic (exact) mass is 458 g/mol. The smallest absolute Gasteiger partial charge is 0.411 e. The minimum Gasteiger partial charge on any atom is -0.480 e. The number of carbonyl (C=O) groups excluding carboxylic acids is 2. The lowest BCUT2D eigenvalue weighted by molar-refractivity contribution is -0.142. The third-order valence-corrected chi connectivity index (χ3v) is 6.18. The molecule has 34 heavy (non-hydrogen) atoms. The number of hydrogen-bond donors (Lipinski definition) is 2. The molecule has 0 saturated heterocycles. The van der Waals surface area contributed by atoms with Crippen molar-refractivity contribution >= 4 is 23.7 Å². The molecule has 1 unspecified atom stereocenters. The van der Waals surface area contributed by atoms with Crippen molar-refractivity contribution in [2.24, 2.45) is 0 Å². The van der Waals surface area contributed by atoms with Crippen LogP contribution in [0.3, 0.4) is 0 Å². The summed E-state index contributed by atoms with van der Waals surface area (Å²) in [6, 6.07) is 21.6. The highest BCUT2D eigenvalue weighted by atomic mass is 16.5. The highest BCUT2D eigenvalue weighted by Gasteiger charge is 2.29. The molecule has 2 amide bonds. The molecule has 2 N–H and O–H groups in total. The summed E-state index contributed by atoms with van der Waals surface area (Å²) in [5.74, 6) is -1.48. The van der Waals surface area contributed by atoms with E-state index in [-0.39, 0.29) is 12.5 Å². The summed E-state index contributed by atoms with van der Waals surface area (Å²) in [6.07, 6.45) is -0.283. The number of likely N-dealkylation sites (N-methyl/N-ethyl adjacent to an activating group) is 1. The summed E-state index contributed by atoms with van der Waals surface area (Å²) in [4.78, 5) is 37.6. The van der Waals surface area contributed by atoms with Crippen LogP contribution in [0.25, 0.3) is 11.1 Å². The van der Waals surface area contributed by atoms with E-state index in [2.05, 4.69) is 29.6 Å². The summed E-state index contributed by atoms with van der Waals surface area (Å²) >= 11 is 0. The van der Waals surface area contributed by atoms with Crippen LogP contribution in [0.5, 0.6) is 0 Å². The molecular formula is C27H26N2O5. The molecule has 0 radical (unpaired) electrons. The van der Waals surface area contributed by atoms with Gasteiger partial charge in [0.05, 0.1) is 0 Å². The van der Waals surface area contributed by atoms with Crippen LogP contribution in [-0.2, 0) is 9.53 Å². The number of hydrogen-bond acceptors (Lipinski definition) is 4. The maximum Gasteiger partial charge on any atom is 0.411 e. The number of aliphatic carboxylic acids is 1. The van der Waals surface area contributed by atoms with E-state index in [0.29, 0.717) is 17.7 Å².